The van der Waals surface area contributed by atoms with Crippen LogP contribution in [0.2, 0.25) is 0 Å². The van der Waals surface area contributed by atoms with Crippen molar-refractivity contribution in [1.82, 2.24) is 0 Å². The molecule has 2 fully saturated rings. The van der Waals surface area contributed by atoms with Gasteiger partial charge in [0.2, 0.25) is 0 Å². The molecule has 2 aliphatic carbocycles. The van der Waals surface area contributed by atoms with Gasteiger partial charge >= 0.3 is 0 Å². The summed E-state index contributed by atoms with van der Waals surface area (Å²) in [6.45, 7) is 1.43. The van der Waals surface area contributed by atoms with Crippen molar-refractivity contribution in [1.29, 1.82) is 0 Å². The highest BCUT2D eigenvalue weighted by Gasteiger charge is 2.54. The molecule has 0 bridgehead atoms. The van der Waals surface area contributed by atoms with E-state index in [2.05, 4.69) is 48.5 Å². The summed E-state index contributed by atoms with van der Waals surface area (Å²) < 4.78 is 0. The Morgan fingerprint density at radius 1 is 0.692 bits per heavy atom. The highest BCUT2D eigenvalue weighted by Crippen LogP contribution is 2.54. The van der Waals surface area contributed by atoms with Crippen LogP contribution in [-0.4, -0.2) is 24.8 Å². The molecular weight excluding hydrogens is 363 g/mol. The summed E-state index contributed by atoms with van der Waals surface area (Å²) in [6.07, 6.45) is 2.30. The summed E-state index contributed by atoms with van der Waals surface area (Å²) in [4.78, 5) is 0. The first-order chi connectivity index (χ1) is 12.7. The number of benzene rings is 2. The SMILES string of the molecule is NC[C@@]1(c2ccccc2)C[C@@H]1CCl.NC[C@]1(c2ccccc2)C[C@@H]1CCl. The maximum absolute atomic E-state index is 5.86. The van der Waals surface area contributed by atoms with Gasteiger partial charge in [0.1, 0.15) is 0 Å². The third-order valence-electron chi connectivity index (χ3n) is 6.26. The topological polar surface area (TPSA) is 52.0 Å². The molecule has 2 aromatic rings. The average Bonchev–Trinajstić information content (AvgIpc) is 3.63. The Morgan fingerprint density at radius 3 is 1.27 bits per heavy atom. The second-order valence-corrected chi connectivity index (χ2v) is 8.18. The molecule has 26 heavy (non-hydrogen) atoms. The van der Waals surface area contributed by atoms with Crippen molar-refractivity contribution in [3.63, 3.8) is 0 Å². The summed E-state index contributed by atoms with van der Waals surface area (Å²) >= 11 is 11.7. The number of alkyl halides is 2. The van der Waals surface area contributed by atoms with Gasteiger partial charge in [-0.15, -0.1) is 23.2 Å². The molecule has 0 saturated heterocycles. The zero-order valence-corrected chi connectivity index (χ0v) is 16.6. The highest BCUT2D eigenvalue weighted by atomic mass is 35.5. The summed E-state index contributed by atoms with van der Waals surface area (Å²) in [6, 6.07) is 20.9. The smallest absolute Gasteiger partial charge is 0.0261 e. The van der Waals surface area contributed by atoms with Crippen LogP contribution in [0.15, 0.2) is 60.7 Å². The molecule has 0 radical (unpaired) electrons. The lowest BCUT2D eigenvalue weighted by molar-refractivity contribution is 0.644. The van der Waals surface area contributed by atoms with E-state index in [4.69, 9.17) is 34.7 Å². The fourth-order valence-corrected chi connectivity index (χ4v) is 4.96. The van der Waals surface area contributed by atoms with Crippen molar-refractivity contribution in [3.8, 4) is 0 Å². The van der Waals surface area contributed by atoms with E-state index in [0.29, 0.717) is 24.9 Å². The van der Waals surface area contributed by atoms with Gasteiger partial charge in [0.15, 0.2) is 0 Å². The van der Waals surface area contributed by atoms with Crippen LogP contribution in [-0.2, 0) is 10.8 Å². The van der Waals surface area contributed by atoms with Crippen LogP contribution in [0.5, 0.6) is 0 Å². The van der Waals surface area contributed by atoms with Gasteiger partial charge in [-0.2, -0.15) is 0 Å². The molecule has 0 unspecified atom stereocenters. The summed E-state index contributed by atoms with van der Waals surface area (Å²) in [5.74, 6) is 2.63. The molecule has 4 heteroatoms. The first-order valence-corrected chi connectivity index (χ1v) is 10.4. The number of nitrogens with two attached hydrogens (primary N) is 2. The standard InChI is InChI=1S/2C11H14ClN/c2*12-7-10-6-11(10,8-13)9-4-2-1-3-5-9/h2*1-5,10H,6-8,13H2/t10-,11+;10-,11-/m11/s1. The van der Waals surface area contributed by atoms with E-state index in [-0.39, 0.29) is 10.8 Å². The zero-order valence-electron chi connectivity index (χ0n) is 15.1. The van der Waals surface area contributed by atoms with E-state index in [1.165, 1.54) is 11.1 Å². The Kier molecular flexibility index (Phi) is 6.29. The van der Waals surface area contributed by atoms with Gasteiger partial charge in [0, 0.05) is 35.7 Å². The predicted octanol–water partition coefficient (Wildman–Crippen LogP) is 4.28. The number of hydrogen-bond donors (Lipinski definition) is 2. The fraction of sp³-hybridized carbons (Fsp3) is 0.455. The molecule has 4 atom stereocenters. The fourth-order valence-electron chi connectivity index (χ4n) is 4.15. The summed E-state index contributed by atoms with van der Waals surface area (Å²) in [7, 11) is 0. The lowest BCUT2D eigenvalue weighted by atomic mass is 9.94. The second-order valence-electron chi connectivity index (χ2n) is 7.56. The normalized spacial score (nSPS) is 31.7. The quantitative estimate of drug-likeness (QED) is 0.722. The molecule has 2 aromatic carbocycles. The molecule has 140 valence electrons. The molecular formula is C22H28Cl2N2. The molecule has 4 rings (SSSR count). The number of halogens is 2. The van der Waals surface area contributed by atoms with Crippen LogP contribution in [0.1, 0.15) is 24.0 Å². The molecule has 0 spiro atoms. The molecule has 0 amide bonds. The second kappa shape index (κ2) is 8.31. The van der Waals surface area contributed by atoms with E-state index < -0.39 is 0 Å². The van der Waals surface area contributed by atoms with Gasteiger partial charge in [-0.25, -0.2) is 0 Å². The van der Waals surface area contributed by atoms with E-state index in [1.54, 1.807) is 0 Å². The van der Waals surface area contributed by atoms with Crippen LogP contribution in [0, 0.1) is 11.8 Å². The van der Waals surface area contributed by atoms with Crippen LogP contribution in [0.4, 0.5) is 0 Å². The minimum absolute atomic E-state index is 0.197. The monoisotopic (exact) mass is 390 g/mol. The van der Waals surface area contributed by atoms with Crippen LogP contribution in [0.3, 0.4) is 0 Å². The van der Waals surface area contributed by atoms with Crippen LogP contribution in [0.25, 0.3) is 0 Å². The molecule has 0 heterocycles. The Labute approximate surface area is 166 Å². The van der Waals surface area contributed by atoms with Crippen molar-refractivity contribution in [2.45, 2.75) is 23.7 Å². The molecule has 0 aliphatic heterocycles. The Hall–Kier alpha value is -1.06. The first kappa shape index (κ1) is 19.7. The van der Waals surface area contributed by atoms with E-state index in [9.17, 15) is 0 Å². The van der Waals surface area contributed by atoms with Crippen molar-refractivity contribution < 1.29 is 0 Å². The predicted molar refractivity (Wildman–Crippen MR) is 112 cm³/mol. The minimum Gasteiger partial charge on any atom is -0.330 e. The van der Waals surface area contributed by atoms with Crippen LogP contribution < -0.4 is 11.5 Å². The third-order valence-corrected chi connectivity index (χ3v) is 7.01. The lowest BCUT2D eigenvalue weighted by Crippen LogP contribution is -2.22. The average molecular weight is 391 g/mol. The van der Waals surface area contributed by atoms with Gasteiger partial charge in [-0.3, -0.25) is 0 Å². The maximum atomic E-state index is 5.86. The maximum Gasteiger partial charge on any atom is 0.0261 e. The highest BCUT2D eigenvalue weighted by molar-refractivity contribution is 6.18. The first-order valence-electron chi connectivity index (χ1n) is 9.30. The third kappa shape index (κ3) is 3.66. The van der Waals surface area contributed by atoms with Crippen molar-refractivity contribution in [2.75, 3.05) is 24.8 Å². The molecule has 2 saturated carbocycles. The Morgan fingerprint density at radius 2 is 1.04 bits per heavy atom. The molecule has 2 aliphatic rings. The molecule has 4 N–H and O–H groups in total. The minimum atomic E-state index is 0.197. The Balaban J connectivity index is 0.000000151. The van der Waals surface area contributed by atoms with Gasteiger partial charge in [-0.05, 0) is 35.8 Å². The van der Waals surface area contributed by atoms with Gasteiger partial charge in [0.25, 0.3) is 0 Å². The van der Waals surface area contributed by atoms with Gasteiger partial charge in [-0.1, -0.05) is 60.7 Å². The lowest BCUT2D eigenvalue weighted by Gasteiger charge is -2.14. The largest absolute Gasteiger partial charge is 0.330 e. The number of hydrogen-bond acceptors (Lipinski definition) is 2. The number of rotatable bonds is 6. The van der Waals surface area contributed by atoms with Crippen molar-refractivity contribution in [2.24, 2.45) is 23.3 Å². The summed E-state index contributed by atoms with van der Waals surface area (Å²) in [5.41, 5.74) is 14.7. The Bertz CT molecular complexity index is 632. The van der Waals surface area contributed by atoms with E-state index in [1.807, 2.05) is 12.1 Å². The zero-order chi connectivity index (χ0) is 18.6. The van der Waals surface area contributed by atoms with Gasteiger partial charge < -0.3 is 11.5 Å². The summed E-state index contributed by atoms with van der Waals surface area (Å²) in [5, 5.41) is 0. The van der Waals surface area contributed by atoms with Crippen LogP contribution >= 0.6 is 23.2 Å². The molecule has 2 nitrogen and oxygen atoms in total. The van der Waals surface area contributed by atoms with Crippen molar-refractivity contribution >= 4 is 23.2 Å². The van der Waals surface area contributed by atoms with Gasteiger partial charge in [0.05, 0.1) is 0 Å². The van der Waals surface area contributed by atoms with E-state index >= 15 is 0 Å². The van der Waals surface area contributed by atoms with E-state index in [0.717, 1.165) is 24.6 Å². The molecule has 0 aromatic heterocycles. The van der Waals surface area contributed by atoms with Crippen molar-refractivity contribution in [3.05, 3.63) is 71.8 Å².